The Bertz CT molecular complexity index is 586. The molecule has 0 fully saturated rings. The minimum atomic E-state index is -0.993. The van der Waals surface area contributed by atoms with E-state index < -0.39 is 11.9 Å². The fourth-order valence-electron chi connectivity index (χ4n) is 1.89. The van der Waals surface area contributed by atoms with E-state index in [1.807, 2.05) is 6.92 Å². The van der Waals surface area contributed by atoms with Gasteiger partial charge in [-0.1, -0.05) is 31.2 Å². The summed E-state index contributed by atoms with van der Waals surface area (Å²) in [6, 6.07) is 11.5. The Morgan fingerprint density at radius 2 is 2.00 bits per heavy atom. The molecule has 20 heavy (non-hydrogen) atoms. The molecule has 0 saturated heterocycles. The SMILES string of the molecule is CCCOc1ccc(C(O)c2ccccc2F)cc1Br. The predicted molar refractivity (Wildman–Crippen MR) is 80.4 cm³/mol. The molecular weight excluding hydrogens is 323 g/mol. The Labute approximate surface area is 126 Å². The molecule has 2 aromatic rings. The molecule has 2 aromatic carbocycles. The lowest BCUT2D eigenvalue weighted by Crippen LogP contribution is -2.03. The van der Waals surface area contributed by atoms with Gasteiger partial charge in [0.05, 0.1) is 11.1 Å². The number of hydrogen-bond donors (Lipinski definition) is 1. The van der Waals surface area contributed by atoms with Crippen molar-refractivity contribution in [3.63, 3.8) is 0 Å². The van der Waals surface area contributed by atoms with Crippen LogP contribution in [0.3, 0.4) is 0 Å². The van der Waals surface area contributed by atoms with Crippen molar-refractivity contribution in [3.05, 3.63) is 63.9 Å². The molecule has 2 rings (SSSR count). The molecular formula is C16H16BrFO2. The lowest BCUT2D eigenvalue weighted by Gasteiger charge is -2.14. The average Bonchev–Trinajstić information content (AvgIpc) is 2.46. The fourth-order valence-corrected chi connectivity index (χ4v) is 2.40. The Kier molecular flexibility index (Phi) is 5.15. The first-order valence-corrected chi connectivity index (χ1v) is 7.27. The topological polar surface area (TPSA) is 29.5 Å². The lowest BCUT2D eigenvalue weighted by molar-refractivity contribution is 0.214. The van der Waals surface area contributed by atoms with Crippen LogP contribution in [-0.4, -0.2) is 11.7 Å². The van der Waals surface area contributed by atoms with E-state index in [-0.39, 0.29) is 5.56 Å². The van der Waals surface area contributed by atoms with Crippen molar-refractivity contribution in [2.75, 3.05) is 6.61 Å². The quantitative estimate of drug-likeness (QED) is 0.872. The van der Waals surface area contributed by atoms with Gasteiger partial charge in [-0.15, -0.1) is 0 Å². The normalized spacial score (nSPS) is 12.2. The summed E-state index contributed by atoms with van der Waals surface area (Å²) in [5.74, 6) is 0.304. The highest BCUT2D eigenvalue weighted by Crippen LogP contribution is 2.31. The number of ether oxygens (including phenoxy) is 1. The Morgan fingerprint density at radius 3 is 2.65 bits per heavy atom. The Hall–Kier alpha value is -1.39. The van der Waals surface area contributed by atoms with Crippen molar-refractivity contribution < 1.29 is 14.2 Å². The molecule has 106 valence electrons. The van der Waals surface area contributed by atoms with Crippen LogP contribution in [0.15, 0.2) is 46.9 Å². The van der Waals surface area contributed by atoms with Crippen LogP contribution in [0.4, 0.5) is 4.39 Å². The minimum absolute atomic E-state index is 0.265. The summed E-state index contributed by atoms with van der Waals surface area (Å²) < 4.78 is 20.0. The van der Waals surface area contributed by atoms with Gasteiger partial charge in [-0.3, -0.25) is 0 Å². The highest BCUT2D eigenvalue weighted by molar-refractivity contribution is 9.10. The van der Waals surface area contributed by atoms with Gasteiger partial charge in [-0.2, -0.15) is 0 Å². The molecule has 4 heteroatoms. The van der Waals surface area contributed by atoms with Crippen LogP contribution >= 0.6 is 15.9 Å². The van der Waals surface area contributed by atoms with Gasteiger partial charge in [0, 0.05) is 5.56 Å². The van der Waals surface area contributed by atoms with E-state index in [9.17, 15) is 9.50 Å². The summed E-state index contributed by atoms with van der Waals surface area (Å²) in [4.78, 5) is 0. The van der Waals surface area contributed by atoms with Crippen LogP contribution in [0, 0.1) is 5.82 Å². The molecule has 0 aliphatic carbocycles. The van der Waals surface area contributed by atoms with Gasteiger partial charge >= 0.3 is 0 Å². The third-order valence-electron chi connectivity index (χ3n) is 2.93. The van der Waals surface area contributed by atoms with Crippen molar-refractivity contribution in [3.8, 4) is 5.75 Å². The van der Waals surface area contributed by atoms with Crippen LogP contribution in [0.1, 0.15) is 30.6 Å². The standard InChI is InChI=1S/C16H16BrFO2/c1-2-9-20-15-8-7-11(10-13(15)17)16(19)12-5-3-4-6-14(12)18/h3-8,10,16,19H,2,9H2,1H3. The van der Waals surface area contributed by atoms with Crippen LogP contribution in [0.25, 0.3) is 0 Å². The van der Waals surface area contributed by atoms with Crippen molar-refractivity contribution in [2.45, 2.75) is 19.4 Å². The molecule has 0 saturated carbocycles. The molecule has 1 atom stereocenters. The van der Waals surface area contributed by atoms with E-state index in [0.717, 1.165) is 16.6 Å². The second-order valence-electron chi connectivity index (χ2n) is 4.46. The van der Waals surface area contributed by atoms with E-state index in [0.29, 0.717) is 12.2 Å². The van der Waals surface area contributed by atoms with Crippen LogP contribution in [-0.2, 0) is 0 Å². The van der Waals surface area contributed by atoms with E-state index >= 15 is 0 Å². The molecule has 0 aromatic heterocycles. The largest absolute Gasteiger partial charge is 0.492 e. The van der Waals surface area contributed by atoms with Gasteiger partial charge in [-0.05, 0) is 46.1 Å². The van der Waals surface area contributed by atoms with Gasteiger partial charge < -0.3 is 9.84 Å². The van der Waals surface area contributed by atoms with Crippen molar-refractivity contribution in [1.82, 2.24) is 0 Å². The highest BCUT2D eigenvalue weighted by Gasteiger charge is 2.15. The molecule has 0 amide bonds. The molecule has 0 aliphatic rings. The molecule has 0 heterocycles. The van der Waals surface area contributed by atoms with E-state index in [2.05, 4.69) is 15.9 Å². The maximum absolute atomic E-state index is 13.7. The number of aliphatic hydroxyl groups is 1. The minimum Gasteiger partial charge on any atom is -0.492 e. The van der Waals surface area contributed by atoms with E-state index in [1.54, 1.807) is 36.4 Å². The number of benzene rings is 2. The summed E-state index contributed by atoms with van der Waals surface area (Å²) in [6.07, 6.45) is -0.0702. The van der Waals surface area contributed by atoms with Crippen molar-refractivity contribution >= 4 is 15.9 Å². The summed E-state index contributed by atoms with van der Waals surface area (Å²) in [5.41, 5.74) is 0.882. The molecule has 2 nitrogen and oxygen atoms in total. The molecule has 1 N–H and O–H groups in total. The first-order valence-electron chi connectivity index (χ1n) is 6.48. The van der Waals surface area contributed by atoms with Crippen molar-refractivity contribution in [1.29, 1.82) is 0 Å². The zero-order chi connectivity index (χ0) is 14.5. The number of rotatable bonds is 5. The summed E-state index contributed by atoms with van der Waals surface area (Å²) in [6.45, 7) is 2.66. The maximum Gasteiger partial charge on any atom is 0.133 e. The highest BCUT2D eigenvalue weighted by atomic mass is 79.9. The molecule has 0 aliphatic heterocycles. The van der Waals surface area contributed by atoms with E-state index in [4.69, 9.17) is 4.74 Å². The summed E-state index contributed by atoms with van der Waals surface area (Å²) >= 11 is 3.41. The predicted octanol–water partition coefficient (Wildman–Crippen LogP) is 4.46. The number of hydrogen-bond acceptors (Lipinski definition) is 2. The number of halogens is 2. The smallest absolute Gasteiger partial charge is 0.133 e. The van der Waals surface area contributed by atoms with Gasteiger partial charge in [0.2, 0.25) is 0 Å². The van der Waals surface area contributed by atoms with Crippen molar-refractivity contribution in [2.24, 2.45) is 0 Å². The number of aliphatic hydroxyl groups excluding tert-OH is 1. The van der Waals surface area contributed by atoms with Gasteiger partial charge in [0.25, 0.3) is 0 Å². The fraction of sp³-hybridized carbons (Fsp3) is 0.250. The molecule has 0 bridgehead atoms. The second-order valence-corrected chi connectivity index (χ2v) is 5.32. The average molecular weight is 339 g/mol. The molecule has 1 unspecified atom stereocenters. The first kappa shape index (κ1) is 15.0. The van der Waals surface area contributed by atoms with E-state index in [1.165, 1.54) is 6.07 Å². The Balaban J connectivity index is 2.25. The zero-order valence-corrected chi connectivity index (χ0v) is 12.7. The zero-order valence-electron chi connectivity index (χ0n) is 11.1. The second kappa shape index (κ2) is 6.86. The summed E-state index contributed by atoms with van der Waals surface area (Å²) in [5, 5.41) is 10.3. The molecule has 0 radical (unpaired) electrons. The molecule has 0 spiro atoms. The lowest BCUT2D eigenvalue weighted by atomic mass is 10.0. The maximum atomic E-state index is 13.7. The summed E-state index contributed by atoms with van der Waals surface area (Å²) in [7, 11) is 0. The van der Waals surface area contributed by atoms with Crippen LogP contribution < -0.4 is 4.74 Å². The monoisotopic (exact) mass is 338 g/mol. The van der Waals surface area contributed by atoms with Crippen LogP contribution in [0.2, 0.25) is 0 Å². The van der Waals surface area contributed by atoms with Gasteiger partial charge in [0.1, 0.15) is 17.7 Å². The van der Waals surface area contributed by atoms with Gasteiger partial charge in [-0.25, -0.2) is 4.39 Å². The van der Waals surface area contributed by atoms with Gasteiger partial charge in [0.15, 0.2) is 0 Å². The third-order valence-corrected chi connectivity index (χ3v) is 3.55. The Morgan fingerprint density at radius 1 is 1.25 bits per heavy atom. The van der Waals surface area contributed by atoms with Crippen LogP contribution in [0.5, 0.6) is 5.75 Å². The third kappa shape index (κ3) is 3.38. The first-order chi connectivity index (χ1) is 9.63.